The molecule has 0 saturated carbocycles. The van der Waals surface area contributed by atoms with Crippen molar-refractivity contribution in [1.29, 1.82) is 0 Å². The van der Waals surface area contributed by atoms with Gasteiger partial charge in [-0.25, -0.2) is 0 Å². The summed E-state index contributed by atoms with van der Waals surface area (Å²) in [6.07, 6.45) is 1.98. The van der Waals surface area contributed by atoms with E-state index >= 15 is 0 Å². The third-order valence-electron chi connectivity index (χ3n) is 6.24. The zero-order valence-corrected chi connectivity index (χ0v) is 18.5. The van der Waals surface area contributed by atoms with Crippen LogP contribution >= 0.6 is 0 Å². The molecule has 2 aromatic carbocycles. The largest absolute Gasteiger partial charge is 0.487 e. The SMILES string of the molecule is CCC1(CC)CC(NC(=O)C(C)Oc2cc(C)cc(C)c2C)c2ccccc2O1. The van der Waals surface area contributed by atoms with Gasteiger partial charge >= 0.3 is 0 Å². The molecule has 1 amide bonds. The third-order valence-corrected chi connectivity index (χ3v) is 6.24. The fourth-order valence-electron chi connectivity index (χ4n) is 4.09. The van der Waals surface area contributed by atoms with Crippen molar-refractivity contribution < 1.29 is 14.3 Å². The molecule has 0 saturated heterocycles. The van der Waals surface area contributed by atoms with Gasteiger partial charge in [-0.2, -0.15) is 0 Å². The molecule has 0 aliphatic carbocycles. The lowest BCUT2D eigenvalue weighted by Gasteiger charge is -2.42. The van der Waals surface area contributed by atoms with Gasteiger partial charge in [-0.05, 0) is 69.4 Å². The Labute approximate surface area is 174 Å². The number of benzene rings is 2. The maximum Gasteiger partial charge on any atom is 0.261 e. The van der Waals surface area contributed by atoms with Crippen molar-refractivity contribution in [2.75, 3.05) is 0 Å². The molecule has 0 spiro atoms. The topological polar surface area (TPSA) is 47.6 Å². The minimum Gasteiger partial charge on any atom is -0.487 e. The molecule has 29 heavy (non-hydrogen) atoms. The van der Waals surface area contributed by atoms with Crippen molar-refractivity contribution in [1.82, 2.24) is 5.32 Å². The van der Waals surface area contributed by atoms with Crippen LogP contribution in [0.1, 0.15) is 68.3 Å². The Kier molecular flexibility index (Phi) is 6.21. The number of rotatable bonds is 6. The predicted octanol–water partition coefficient (Wildman–Crippen LogP) is 5.58. The van der Waals surface area contributed by atoms with Crippen LogP contribution in [0.3, 0.4) is 0 Å². The highest BCUT2D eigenvalue weighted by Gasteiger charge is 2.39. The van der Waals surface area contributed by atoms with Gasteiger partial charge in [0.05, 0.1) is 6.04 Å². The van der Waals surface area contributed by atoms with Gasteiger partial charge in [0.1, 0.15) is 17.1 Å². The quantitative estimate of drug-likeness (QED) is 0.695. The van der Waals surface area contributed by atoms with Gasteiger partial charge < -0.3 is 14.8 Å². The molecule has 4 nitrogen and oxygen atoms in total. The van der Waals surface area contributed by atoms with E-state index in [1.807, 2.05) is 51.1 Å². The van der Waals surface area contributed by atoms with Crippen molar-refractivity contribution in [3.8, 4) is 11.5 Å². The molecule has 0 aromatic heterocycles. The van der Waals surface area contributed by atoms with Gasteiger partial charge in [-0.15, -0.1) is 0 Å². The molecule has 2 unspecified atom stereocenters. The Morgan fingerprint density at radius 1 is 1.21 bits per heavy atom. The van der Waals surface area contributed by atoms with Crippen molar-refractivity contribution in [3.05, 3.63) is 58.7 Å². The molecule has 1 aliphatic heterocycles. The maximum atomic E-state index is 13.0. The summed E-state index contributed by atoms with van der Waals surface area (Å²) in [7, 11) is 0. The van der Waals surface area contributed by atoms with Crippen LogP contribution in [0.15, 0.2) is 36.4 Å². The van der Waals surface area contributed by atoms with Crippen molar-refractivity contribution in [3.63, 3.8) is 0 Å². The van der Waals surface area contributed by atoms with Crippen LogP contribution in [0.5, 0.6) is 11.5 Å². The first-order chi connectivity index (χ1) is 13.8. The summed E-state index contributed by atoms with van der Waals surface area (Å²) in [6.45, 7) is 12.2. The molecule has 2 aromatic rings. The number of para-hydroxylation sites is 1. The monoisotopic (exact) mass is 395 g/mol. The molecule has 3 rings (SSSR count). The highest BCUT2D eigenvalue weighted by atomic mass is 16.5. The Balaban J connectivity index is 1.79. The van der Waals surface area contributed by atoms with E-state index in [1.54, 1.807) is 0 Å². The molecule has 1 aliphatic rings. The van der Waals surface area contributed by atoms with Gasteiger partial charge in [0.15, 0.2) is 6.10 Å². The second-order valence-electron chi connectivity index (χ2n) is 8.26. The minimum atomic E-state index is -0.581. The first-order valence-electron chi connectivity index (χ1n) is 10.6. The van der Waals surface area contributed by atoms with E-state index in [9.17, 15) is 4.79 Å². The molecule has 2 atom stereocenters. The summed E-state index contributed by atoms with van der Waals surface area (Å²) in [5, 5.41) is 3.22. The molecule has 0 fully saturated rings. The van der Waals surface area contributed by atoms with Crippen molar-refractivity contribution in [2.24, 2.45) is 0 Å². The molecular formula is C25H33NO3. The first-order valence-corrected chi connectivity index (χ1v) is 10.6. The second-order valence-corrected chi connectivity index (χ2v) is 8.26. The van der Waals surface area contributed by atoms with Gasteiger partial charge in [0.25, 0.3) is 5.91 Å². The lowest BCUT2D eigenvalue weighted by molar-refractivity contribution is -0.128. The lowest BCUT2D eigenvalue weighted by atomic mass is 9.83. The second kappa shape index (κ2) is 8.48. The highest BCUT2D eigenvalue weighted by Crippen LogP contribution is 2.42. The van der Waals surface area contributed by atoms with E-state index < -0.39 is 6.10 Å². The molecule has 1 heterocycles. The van der Waals surface area contributed by atoms with Crippen molar-refractivity contribution in [2.45, 2.75) is 78.6 Å². The van der Waals surface area contributed by atoms with Crippen LogP contribution in [-0.4, -0.2) is 17.6 Å². The predicted molar refractivity (Wildman–Crippen MR) is 117 cm³/mol. The van der Waals surface area contributed by atoms with Crippen molar-refractivity contribution >= 4 is 5.91 Å². The van der Waals surface area contributed by atoms with E-state index in [4.69, 9.17) is 9.47 Å². The van der Waals surface area contributed by atoms with E-state index in [1.165, 1.54) is 5.56 Å². The maximum absolute atomic E-state index is 13.0. The number of nitrogens with one attached hydrogen (secondary N) is 1. The third kappa shape index (κ3) is 4.42. The smallest absolute Gasteiger partial charge is 0.261 e. The van der Waals surface area contributed by atoms with Crippen LogP contribution in [0.2, 0.25) is 0 Å². The molecule has 0 radical (unpaired) electrons. The summed E-state index contributed by atoms with van der Waals surface area (Å²) in [6, 6.07) is 12.0. The Morgan fingerprint density at radius 3 is 2.59 bits per heavy atom. The first kappa shape index (κ1) is 21.2. The summed E-state index contributed by atoms with van der Waals surface area (Å²) in [5.41, 5.74) is 4.16. The number of ether oxygens (including phenoxy) is 2. The fraction of sp³-hybridized carbons (Fsp3) is 0.480. The standard InChI is InChI=1S/C25H33NO3/c1-7-25(8-2)15-21(20-11-9-10-12-22(20)29-25)26-24(27)19(6)28-23-14-16(3)13-17(4)18(23)5/h9-14,19,21H,7-8,15H2,1-6H3,(H,26,27). The number of amides is 1. The van der Waals surface area contributed by atoms with E-state index in [-0.39, 0.29) is 17.6 Å². The number of fused-ring (bicyclic) bond motifs is 1. The average molecular weight is 396 g/mol. The normalized spacial score (nSPS) is 18.3. The summed E-state index contributed by atoms with van der Waals surface area (Å²) in [4.78, 5) is 13.0. The van der Waals surface area contributed by atoms with Crippen LogP contribution in [0.25, 0.3) is 0 Å². The number of carbonyl (C=O) groups excluding carboxylic acids is 1. The highest BCUT2D eigenvalue weighted by molar-refractivity contribution is 5.81. The van der Waals surface area contributed by atoms with Crippen LogP contribution in [0.4, 0.5) is 0 Å². The number of carbonyl (C=O) groups is 1. The van der Waals surface area contributed by atoms with E-state index in [0.717, 1.165) is 47.5 Å². The summed E-state index contributed by atoms with van der Waals surface area (Å²) < 4.78 is 12.4. The molecule has 1 N–H and O–H groups in total. The van der Waals surface area contributed by atoms with Crippen LogP contribution in [-0.2, 0) is 4.79 Å². The van der Waals surface area contributed by atoms with Crippen LogP contribution in [0, 0.1) is 20.8 Å². The number of hydrogen-bond donors (Lipinski definition) is 1. The fourth-order valence-corrected chi connectivity index (χ4v) is 4.09. The van der Waals surface area contributed by atoms with Gasteiger partial charge in [-0.1, -0.05) is 38.1 Å². The Bertz CT molecular complexity index is 886. The zero-order valence-electron chi connectivity index (χ0n) is 18.5. The molecular weight excluding hydrogens is 362 g/mol. The Morgan fingerprint density at radius 2 is 1.90 bits per heavy atom. The van der Waals surface area contributed by atoms with Crippen LogP contribution < -0.4 is 14.8 Å². The summed E-state index contributed by atoms with van der Waals surface area (Å²) >= 11 is 0. The molecule has 156 valence electrons. The van der Waals surface area contributed by atoms with Gasteiger partial charge in [0, 0.05) is 12.0 Å². The van der Waals surface area contributed by atoms with Gasteiger partial charge in [0.2, 0.25) is 0 Å². The molecule has 4 heteroatoms. The van der Waals surface area contributed by atoms with E-state index in [0.29, 0.717) is 0 Å². The van der Waals surface area contributed by atoms with Gasteiger partial charge in [-0.3, -0.25) is 4.79 Å². The number of hydrogen-bond acceptors (Lipinski definition) is 3. The molecule has 0 bridgehead atoms. The average Bonchev–Trinajstić information content (AvgIpc) is 2.71. The van der Waals surface area contributed by atoms with E-state index in [2.05, 4.69) is 32.2 Å². The minimum absolute atomic E-state index is 0.0845. The Hall–Kier alpha value is -2.49. The summed E-state index contributed by atoms with van der Waals surface area (Å²) in [5.74, 6) is 1.53. The lowest BCUT2D eigenvalue weighted by Crippen LogP contribution is -2.47. The zero-order chi connectivity index (χ0) is 21.2. The number of aryl methyl sites for hydroxylation is 2.